The maximum absolute atomic E-state index is 12.6. The molecule has 3 rings (SSSR count). The molecule has 1 aromatic carbocycles. The Hall–Kier alpha value is -1.51. The smallest absolute Gasteiger partial charge is 0.225 e. The summed E-state index contributed by atoms with van der Waals surface area (Å²) in [5, 5.41) is 6.77. The van der Waals surface area contributed by atoms with Gasteiger partial charge in [-0.05, 0) is 56.6 Å². The van der Waals surface area contributed by atoms with Crippen molar-refractivity contribution in [2.24, 2.45) is 11.8 Å². The topological polar surface area (TPSA) is 41.1 Å². The van der Waals surface area contributed by atoms with E-state index in [9.17, 15) is 4.79 Å². The van der Waals surface area contributed by atoms with Crippen molar-refractivity contribution in [2.75, 3.05) is 5.32 Å². The van der Waals surface area contributed by atoms with Crippen molar-refractivity contribution in [3.63, 3.8) is 0 Å². The van der Waals surface area contributed by atoms with Crippen LogP contribution in [0.25, 0.3) is 0 Å². The summed E-state index contributed by atoms with van der Waals surface area (Å²) < 4.78 is 0. The molecule has 3 heteroatoms. The molecule has 0 spiro atoms. The Morgan fingerprint density at radius 2 is 1.86 bits per heavy atom. The molecule has 114 valence electrons. The summed E-state index contributed by atoms with van der Waals surface area (Å²) in [5.41, 5.74) is 2.44. The van der Waals surface area contributed by atoms with Gasteiger partial charge in [-0.3, -0.25) is 4.79 Å². The van der Waals surface area contributed by atoms with Crippen LogP contribution in [0.5, 0.6) is 0 Å². The third kappa shape index (κ3) is 3.22. The highest BCUT2D eigenvalue weighted by Crippen LogP contribution is 2.29. The highest BCUT2D eigenvalue weighted by molar-refractivity contribution is 5.81. The number of anilines is 1. The minimum atomic E-state index is 0.0410. The van der Waals surface area contributed by atoms with E-state index < -0.39 is 0 Å². The minimum absolute atomic E-state index is 0.0410. The number of amides is 1. The van der Waals surface area contributed by atoms with Crippen molar-refractivity contribution in [3.8, 4) is 0 Å². The number of nitrogens with one attached hydrogen (secondary N) is 2. The van der Waals surface area contributed by atoms with Gasteiger partial charge in [-0.1, -0.05) is 25.1 Å². The van der Waals surface area contributed by atoms with Crippen molar-refractivity contribution < 1.29 is 4.79 Å². The molecule has 1 amide bonds. The highest BCUT2D eigenvalue weighted by atomic mass is 16.2. The molecule has 2 atom stereocenters. The predicted octanol–water partition coefficient (Wildman–Crippen LogP) is 3.35. The summed E-state index contributed by atoms with van der Waals surface area (Å²) in [5.74, 6) is 1.09. The number of benzene rings is 1. The predicted molar refractivity (Wildman–Crippen MR) is 86.3 cm³/mol. The minimum Gasteiger partial charge on any atom is -0.382 e. The second-order valence-electron chi connectivity index (χ2n) is 6.87. The summed E-state index contributed by atoms with van der Waals surface area (Å²) in [6.07, 6.45) is 5.61. The second kappa shape index (κ2) is 6.08. The maximum Gasteiger partial charge on any atom is 0.225 e. The maximum atomic E-state index is 12.6. The average molecular weight is 286 g/mol. The quantitative estimate of drug-likeness (QED) is 0.875. The summed E-state index contributed by atoms with van der Waals surface area (Å²) in [6, 6.07) is 8.90. The second-order valence-corrected chi connectivity index (χ2v) is 6.87. The molecule has 0 saturated heterocycles. The molecule has 1 aromatic rings. The first kappa shape index (κ1) is 14.4. The lowest BCUT2D eigenvalue weighted by Crippen LogP contribution is -2.47. The van der Waals surface area contributed by atoms with Gasteiger partial charge in [0.05, 0.1) is 5.92 Å². The van der Waals surface area contributed by atoms with Crippen LogP contribution in [0.1, 0.15) is 45.1 Å². The zero-order chi connectivity index (χ0) is 14.8. The van der Waals surface area contributed by atoms with Gasteiger partial charge in [0.25, 0.3) is 0 Å². The molecule has 1 saturated carbocycles. The fraction of sp³-hybridized carbons (Fsp3) is 0.611. The Kier molecular flexibility index (Phi) is 4.18. The van der Waals surface area contributed by atoms with Gasteiger partial charge in [-0.15, -0.1) is 0 Å². The Bertz CT molecular complexity index is 506. The Balaban J connectivity index is 1.62. The number of carbonyl (C=O) groups excluding carboxylic acids is 1. The van der Waals surface area contributed by atoms with Gasteiger partial charge < -0.3 is 10.6 Å². The van der Waals surface area contributed by atoms with E-state index in [2.05, 4.69) is 36.6 Å². The summed E-state index contributed by atoms with van der Waals surface area (Å²) in [7, 11) is 0. The molecule has 1 heterocycles. The average Bonchev–Trinajstić information content (AvgIpc) is 2.49. The number of hydrogen-bond donors (Lipinski definition) is 2. The van der Waals surface area contributed by atoms with Gasteiger partial charge >= 0.3 is 0 Å². The number of rotatable bonds is 2. The molecular weight excluding hydrogens is 260 g/mol. The molecular formula is C18H26N2O. The highest BCUT2D eigenvalue weighted by Gasteiger charge is 2.31. The zero-order valence-electron chi connectivity index (χ0n) is 13.1. The van der Waals surface area contributed by atoms with E-state index in [-0.39, 0.29) is 17.9 Å². The van der Waals surface area contributed by atoms with Crippen LogP contribution in [0.2, 0.25) is 0 Å². The fourth-order valence-electron chi connectivity index (χ4n) is 3.63. The summed E-state index contributed by atoms with van der Waals surface area (Å²) in [6.45, 7) is 4.42. The molecule has 2 N–H and O–H groups in total. The zero-order valence-corrected chi connectivity index (χ0v) is 13.1. The monoisotopic (exact) mass is 286 g/mol. The molecule has 21 heavy (non-hydrogen) atoms. The van der Waals surface area contributed by atoms with Crippen LogP contribution >= 0.6 is 0 Å². The molecule has 2 aliphatic rings. The summed E-state index contributed by atoms with van der Waals surface area (Å²) in [4.78, 5) is 12.6. The Morgan fingerprint density at radius 3 is 2.62 bits per heavy atom. The van der Waals surface area contributed by atoms with E-state index >= 15 is 0 Å². The number of fused-ring (bicyclic) bond motifs is 1. The number of carbonyl (C=O) groups is 1. The van der Waals surface area contributed by atoms with E-state index in [0.717, 1.165) is 25.2 Å². The molecule has 3 nitrogen and oxygen atoms in total. The Labute approximate surface area is 127 Å². The third-order valence-electron chi connectivity index (χ3n) is 5.14. The van der Waals surface area contributed by atoms with Gasteiger partial charge in [0.2, 0.25) is 5.91 Å². The van der Waals surface area contributed by atoms with Gasteiger partial charge in [0, 0.05) is 17.8 Å². The SMILES string of the molecule is CC1CCC(NC(=O)C2Cc3ccccc3NC2C)CC1. The molecule has 2 unspecified atom stereocenters. The van der Waals surface area contributed by atoms with Crippen molar-refractivity contribution in [1.29, 1.82) is 0 Å². The normalized spacial score (nSPS) is 31.9. The fourth-order valence-corrected chi connectivity index (χ4v) is 3.63. The molecule has 0 radical (unpaired) electrons. The first-order valence-corrected chi connectivity index (χ1v) is 8.28. The first-order valence-electron chi connectivity index (χ1n) is 8.28. The number of para-hydroxylation sites is 1. The van der Waals surface area contributed by atoms with Gasteiger partial charge in [0.15, 0.2) is 0 Å². The molecule has 0 bridgehead atoms. The molecule has 1 aliphatic carbocycles. The van der Waals surface area contributed by atoms with Crippen molar-refractivity contribution in [3.05, 3.63) is 29.8 Å². The van der Waals surface area contributed by atoms with Crippen molar-refractivity contribution in [1.82, 2.24) is 5.32 Å². The van der Waals surface area contributed by atoms with Crippen LogP contribution in [-0.4, -0.2) is 18.0 Å². The van der Waals surface area contributed by atoms with Gasteiger partial charge in [-0.2, -0.15) is 0 Å². The van der Waals surface area contributed by atoms with Crippen LogP contribution in [0.15, 0.2) is 24.3 Å². The van der Waals surface area contributed by atoms with Crippen molar-refractivity contribution >= 4 is 11.6 Å². The lowest BCUT2D eigenvalue weighted by Gasteiger charge is -2.34. The first-order chi connectivity index (χ1) is 10.1. The third-order valence-corrected chi connectivity index (χ3v) is 5.14. The van der Waals surface area contributed by atoms with Crippen LogP contribution in [0, 0.1) is 11.8 Å². The van der Waals surface area contributed by atoms with Crippen LogP contribution in [-0.2, 0) is 11.2 Å². The van der Waals surface area contributed by atoms with Crippen LogP contribution in [0.3, 0.4) is 0 Å². The largest absolute Gasteiger partial charge is 0.382 e. The van der Waals surface area contributed by atoms with Crippen molar-refractivity contribution in [2.45, 2.75) is 58.0 Å². The van der Waals surface area contributed by atoms with E-state index in [4.69, 9.17) is 0 Å². The Morgan fingerprint density at radius 1 is 1.14 bits per heavy atom. The van der Waals surface area contributed by atoms with E-state index in [1.54, 1.807) is 0 Å². The standard InChI is InChI=1S/C18H26N2O/c1-12-7-9-15(10-8-12)20-18(21)16-11-14-5-3-4-6-17(14)19-13(16)2/h3-6,12-13,15-16,19H,7-11H2,1-2H3,(H,20,21). The van der Waals surface area contributed by atoms with Crippen LogP contribution < -0.4 is 10.6 Å². The number of hydrogen-bond acceptors (Lipinski definition) is 2. The lowest BCUT2D eigenvalue weighted by atomic mass is 9.85. The van der Waals surface area contributed by atoms with E-state index in [1.807, 2.05) is 12.1 Å². The lowest BCUT2D eigenvalue weighted by molar-refractivity contribution is -0.126. The summed E-state index contributed by atoms with van der Waals surface area (Å²) >= 11 is 0. The van der Waals surface area contributed by atoms with E-state index in [1.165, 1.54) is 24.1 Å². The van der Waals surface area contributed by atoms with Gasteiger partial charge in [0.1, 0.15) is 0 Å². The molecule has 1 fully saturated rings. The van der Waals surface area contributed by atoms with E-state index in [0.29, 0.717) is 6.04 Å². The van der Waals surface area contributed by atoms with Crippen LogP contribution in [0.4, 0.5) is 5.69 Å². The van der Waals surface area contributed by atoms with Gasteiger partial charge in [-0.25, -0.2) is 0 Å². The molecule has 1 aliphatic heterocycles. The molecule has 0 aromatic heterocycles.